The normalized spacial score (nSPS) is 34.2. The average molecular weight is 315 g/mol. The first-order valence-corrected chi connectivity index (χ1v) is 8.39. The number of carbonyl (C=O) groups is 1. The second-order valence-electron chi connectivity index (χ2n) is 7.47. The Balaban J connectivity index is 2.10. The van der Waals surface area contributed by atoms with Crippen LogP contribution in [-0.4, -0.2) is 45.8 Å². The lowest BCUT2D eigenvalue weighted by molar-refractivity contribution is -0.151. The topological polar surface area (TPSA) is 49.8 Å². The Morgan fingerprint density at radius 1 is 1.43 bits per heavy atom. The van der Waals surface area contributed by atoms with E-state index >= 15 is 0 Å². The van der Waals surface area contributed by atoms with Crippen molar-refractivity contribution in [3.05, 3.63) is 23.3 Å². The van der Waals surface area contributed by atoms with Crippen LogP contribution in [0.25, 0.3) is 0 Å². The molecule has 3 heterocycles. The molecule has 0 radical (unpaired) electrons. The van der Waals surface area contributed by atoms with Crippen LogP contribution in [0.15, 0.2) is 23.3 Å². The maximum atomic E-state index is 12.0. The van der Waals surface area contributed by atoms with Crippen molar-refractivity contribution in [2.24, 2.45) is 0 Å². The van der Waals surface area contributed by atoms with Gasteiger partial charge in [-0.15, -0.1) is 0 Å². The van der Waals surface area contributed by atoms with Crippen LogP contribution in [0.2, 0.25) is 0 Å². The second kappa shape index (κ2) is 5.51. The van der Waals surface area contributed by atoms with E-state index in [2.05, 4.69) is 29.7 Å². The molecule has 3 aliphatic heterocycles. The van der Waals surface area contributed by atoms with Gasteiger partial charge in [0.05, 0.1) is 6.04 Å². The van der Waals surface area contributed by atoms with Gasteiger partial charge in [0.1, 0.15) is 5.60 Å². The summed E-state index contributed by atoms with van der Waals surface area (Å²) in [6, 6.07) is 0.412. The first kappa shape index (κ1) is 16.3. The quantitative estimate of drug-likeness (QED) is 0.550. The standard InChI is InChI=1S/C19H25NO3/c1-13-11-14(8-9-18(2,3)22)15-12-17(21)23-19(15,4)16-7-5-6-10-20(13)16/h11-13,16,22H,5-7,10H2,1-4H3/t13-,16+,19-/m0/s1. The lowest BCUT2D eigenvalue weighted by Gasteiger charge is -2.45. The van der Waals surface area contributed by atoms with Gasteiger partial charge in [0.25, 0.3) is 0 Å². The molecule has 1 saturated heterocycles. The van der Waals surface area contributed by atoms with Crippen molar-refractivity contribution < 1.29 is 14.6 Å². The van der Waals surface area contributed by atoms with E-state index in [1.54, 1.807) is 19.9 Å². The molecule has 3 aliphatic rings. The molecule has 4 heteroatoms. The molecule has 0 spiro atoms. The summed E-state index contributed by atoms with van der Waals surface area (Å²) in [6.07, 6.45) is 7.03. The lowest BCUT2D eigenvalue weighted by atomic mass is 9.81. The molecule has 0 bridgehead atoms. The minimum Gasteiger partial charge on any atom is -0.450 e. The minimum absolute atomic E-state index is 0.182. The van der Waals surface area contributed by atoms with Gasteiger partial charge < -0.3 is 9.84 Å². The Hall–Kier alpha value is -1.57. The maximum absolute atomic E-state index is 12.0. The Labute approximate surface area is 138 Å². The number of hydrogen-bond acceptors (Lipinski definition) is 4. The first-order valence-electron chi connectivity index (χ1n) is 8.39. The fraction of sp³-hybridized carbons (Fsp3) is 0.632. The number of piperidine rings is 1. The van der Waals surface area contributed by atoms with Gasteiger partial charge in [-0.1, -0.05) is 24.3 Å². The van der Waals surface area contributed by atoms with Crippen molar-refractivity contribution >= 4 is 5.97 Å². The maximum Gasteiger partial charge on any atom is 0.332 e. The number of rotatable bonds is 0. The van der Waals surface area contributed by atoms with E-state index in [-0.39, 0.29) is 18.1 Å². The van der Waals surface area contributed by atoms with E-state index in [9.17, 15) is 9.90 Å². The second-order valence-corrected chi connectivity index (χ2v) is 7.47. The van der Waals surface area contributed by atoms with E-state index in [0.717, 1.165) is 30.5 Å². The molecule has 23 heavy (non-hydrogen) atoms. The lowest BCUT2D eigenvalue weighted by Crippen LogP contribution is -2.55. The summed E-state index contributed by atoms with van der Waals surface area (Å²) in [6.45, 7) is 8.50. The number of esters is 1. The number of carbonyl (C=O) groups excluding carboxylic acids is 1. The average Bonchev–Trinajstić information content (AvgIpc) is 2.74. The van der Waals surface area contributed by atoms with Gasteiger partial charge in [0.2, 0.25) is 0 Å². The summed E-state index contributed by atoms with van der Waals surface area (Å²) in [5, 5.41) is 9.92. The summed E-state index contributed by atoms with van der Waals surface area (Å²) in [4.78, 5) is 14.4. The van der Waals surface area contributed by atoms with E-state index in [4.69, 9.17) is 4.74 Å². The van der Waals surface area contributed by atoms with Gasteiger partial charge in [-0.3, -0.25) is 4.90 Å². The van der Waals surface area contributed by atoms with Crippen LogP contribution >= 0.6 is 0 Å². The molecule has 1 fully saturated rings. The first-order chi connectivity index (χ1) is 10.7. The molecule has 0 amide bonds. The fourth-order valence-corrected chi connectivity index (χ4v) is 3.94. The van der Waals surface area contributed by atoms with Crippen molar-refractivity contribution in [2.45, 2.75) is 70.2 Å². The highest BCUT2D eigenvalue weighted by Gasteiger charge is 2.51. The molecule has 0 aliphatic carbocycles. The van der Waals surface area contributed by atoms with Crippen LogP contribution < -0.4 is 0 Å². The molecule has 124 valence electrons. The zero-order chi connectivity index (χ0) is 16.8. The van der Waals surface area contributed by atoms with Gasteiger partial charge in [0.15, 0.2) is 5.60 Å². The van der Waals surface area contributed by atoms with Crippen molar-refractivity contribution in [1.82, 2.24) is 4.90 Å². The third-order valence-corrected chi connectivity index (χ3v) is 5.01. The smallest absolute Gasteiger partial charge is 0.332 e. The molecule has 0 aromatic carbocycles. The van der Waals surface area contributed by atoms with Crippen molar-refractivity contribution in [3.8, 4) is 11.8 Å². The number of hydrogen-bond donors (Lipinski definition) is 1. The Bertz CT molecular complexity index is 644. The SMILES string of the molecule is C[C@H]1C=C(C#CC(C)(C)O)C2=CC(=O)O[C@]2(C)[C@H]2CCCCN12. The van der Waals surface area contributed by atoms with Gasteiger partial charge in [-0.2, -0.15) is 0 Å². The molecule has 0 aromatic rings. The molecule has 0 saturated carbocycles. The van der Waals surface area contributed by atoms with Crippen molar-refractivity contribution in [3.63, 3.8) is 0 Å². The summed E-state index contributed by atoms with van der Waals surface area (Å²) in [5.41, 5.74) is -0.0467. The van der Waals surface area contributed by atoms with Crippen LogP contribution in [0, 0.1) is 11.8 Å². The Morgan fingerprint density at radius 2 is 2.17 bits per heavy atom. The predicted octanol–water partition coefficient (Wildman–Crippen LogP) is 2.19. The van der Waals surface area contributed by atoms with Gasteiger partial charge in [-0.25, -0.2) is 4.79 Å². The zero-order valence-corrected chi connectivity index (χ0v) is 14.3. The highest BCUT2D eigenvalue weighted by molar-refractivity contribution is 5.89. The van der Waals surface area contributed by atoms with E-state index in [1.165, 1.54) is 6.42 Å². The van der Waals surface area contributed by atoms with Crippen LogP contribution in [0.1, 0.15) is 47.0 Å². The van der Waals surface area contributed by atoms with Crippen LogP contribution in [0.3, 0.4) is 0 Å². The molecule has 3 atom stereocenters. The molecular formula is C19H25NO3. The third-order valence-electron chi connectivity index (χ3n) is 5.01. The van der Waals surface area contributed by atoms with Crippen LogP contribution in [0.4, 0.5) is 0 Å². The van der Waals surface area contributed by atoms with Gasteiger partial charge in [-0.05, 0) is 47.1 Å². The van der Waals surface area contributed by atoms with Gasteiger partial charge in [0, 0.05) is 23.3 Å². The predicted molar refractivity (Wildman–Crippen MR) is 88.5 cm³/mol. The third kappa shape index (κ3) is 2.96. The molecule has 4 nitrogen and oxygen atoms in total. The van der Waals surface area contributed by atoms with E-state index in [1.807, 2.05) is 6.92 Å². The van der Waals surface area contributed by atoms with Crippen LogP contribution in [0.5, 0.6) is 0 Å². The highest BCUT2D eigenvalue weighted by Crippen LogP contribution is 2.44. The molecule has 0 aromatic heterocycles. The number of nitrogens with zero attached hydrogens (tertiary/aromatic N) is 1. The van der Waals surface area contributed by atoms with Crippen LogP contribution in [-0.2, 0) is 9.53 Å². The summed E-state index contributed by atoms with van der Waals surface area (Å²) < 4.78 is 5.77. The molecule has 1 N–H and O–H groups in total. The number of aliphatic hydroxyl groups is 1. The van der Waals surface area contributed by atoms with Gasteiger partial charge >= 0.3 is 5.97 Å². The summed E-state index contributed by atoms with van der Waals surface area (Å²) in [7, 11) is 0. The molecule has 3 rings (SSSR count). The Morgan fingerprint density at radius 3 is 2.87 bits per heavy atom. The van der Waals surface area contributed by atoms with Crippen molar-refractivity contribution in [2.75, 3.05) is 6.54 Å². The minimum atomic E-state index is -1.07. The summed E-state index contributed by atoms with van der Waals surface area (Å²) >= 11 is 0. The van der Waals surface area contributed by atoms with E-state index in [0.29, 0.717) is 0 Å². The molecule has 0 unspecified atom stereocenters. The zero-order valence-electron chi connectivity index (χ0n) is 14.3. The summed E-state index contributed by atoms with van der Waals surface area (Å²) in [5.74, 6) is 5.68. The monoisotopic (exact) mass is 315 g/mol. The fourth-order valence-electron chi connectivity index (χ4n) is 3.94. The largest absolute Gasteiger partial charge is 0.450 e. The molecular weight excluding hydrogens is 290 g/mol. The highest BCUT2D eigenvalue weighted by atomic mass is 16.6. The number of ether oxygens (including phenoxy) is 1. The number of fused-ring (bicyclic) bond motifs is 3. The Kier molecular flexibility index (Phi) is 3.90. The van der Waals surface area contributed by atoms with E-state index < -0.39 is 11.2 Å². The van der Waals surface area contributed by atoms with Crippen molar-refractivity contribution in [1.29, 1.82) is 0 Å².